The van der Waals surface area contributed by atoms with Gasteiger partial charge in [-0.05, 0) is 31.0 Å². The molecule has 0 aromatic heterocycles. The van der Waals surface area contributed by atoms with Crippen molar-refractivity contribution < 1.29 is 14.3 Å². The fraction of sp³-hybridized carbons (Fsp3) is 0.632. The van der Waals surface area contributed by atoms with Crippen molar-refractivity contribution in [1.29, 1.82) is 0 Å². The van der Waals surface area contributed by atoms with Crippen LogP contribution in [0.1, 0.15) is 26.7 Å². The predicted octanol–water partition coefficient (Wildman–Crippen LogP) is 3.13. The molecule has 1 saturated heterocycles. The number of fused-ring (bicyclic) bond motifs is 1. The quantitative estimate of drug-likeness (QED) is 0.821. The second-order valence-electron chi connectivity index (χ2n) is 7.66. The summed E-state index contributed by atoms with van der Waals surface area (Å²) in [4.78, 5) is 14.8. The second-order valence-corrected chi connectivity index (χ2v) is 8.10. The summed E-state index contributed by atoms with van der Waals surface area (Å²) in [5.41, 5.74) is 5.42. The van der Waals surface area contributed by atoms with Crippen LogP contribution < -0.4 is 10.5 Å². The summed E-state index contributed by atoms with van der Waals surface area (Å²) in [6.07, 6.45) is 1.99. The third kappa shape index (κ3) is 3.42. The summed E-state index contributed by atoms with van der Waals surface area (Å²) in [7, 11) is 1.78. The van der Waals surface area contributed by atoms with Gasteiger partial charge in [0.15, 0.2) is 0 Å². The highest BCUT2D eigenvalue weighted by Gasteiger charge is 2.70. The van der Waals surface area contributed by atoms with Crippen molar-refractivity contribution in [3.05, 3.63) is 29.3 Å². The molecule has 2 fully saturated rings. The Morgan fingerprint density at radius 2 is 2.19 bits per heavy atom. The van der Waals surface area contributed by atoms with E-state index in [0.717, 1.165) is 19.4 Å². The first-order chi connectivity index (χ1) is 11.8. The van der Waals surface area contributed by atoms with Gasteiger partial charge in [-0.3, -0.25) is 4.79 Å². The number of hydrogen-bond donors (Lipinski definition) is 1. The third-order valence-electron chi connectivity index (χ3n) is 5.88. The molecule has 0 radical (unpaired) electrons. The molecule has 3 atom stereocenters. The lowest BCUT2D eigenvalue weighted by Gasteiger charge is -2.65. The molecule has 3 rings (SSSR count). The van der Waals surface area contributed by atoms with Gasteiger partial charge in [0.2, 0.25) is 5.91 Å². The maximum atomic E-state index is 13.1. The number of nitrogens with zero attached hydrogens (tertiary/aromatic N) is 1. The van der Waals surface area contributed by atoms with Crippen LogP contribution in [0, 0.1) is 11.3 Å². The first-order valence-electron chi connectivity index (χ1n) is 8.83. The summed E-state index contributed by atoms with van der Waals surface area (Å²) in [6.45, 7) is 5.70. The Morgan fingerprint density at radius 1 is 1.46 bits per heavy atom. The zero-order chi connectivity index (χ0) is 18.2. The predicted molar refractivity (Wildman–Crippen MR) is 105 cm³/mol. The number of rotatable bonds is 5. The van der Waals surface area contributed by atoms with E-state index in [1.54, 1.807) is 24.1 Å². The number of amides is 1. The number of carbonyl (C=O) groups excluding carboxylic acids is 1. The van der Waals surface area contributed by atoms with Crippen LogP contribution in [-0.4, -0.2) is 49.3 Å². The summed E-state index contributed by atoms with van der Waals surface area (Å²) in [5, 5.41) is 0.627. The van der Waals surface area contributed by atoms with Crippen molar-refractivity contribution >= 4 is 29.9 Å². The maximum absolute atomic E-state index is 13.1. The van der Waals surface area contributed by atoms with Gasteiger partial charge in [0.1, 0.15) is 17.9 Å². The summed E-state index contributed by atoms with van der Waals surface area (Å²) in [5.74, 6) is 0.763. The molecule has 1 amide bonds. The Morgan fingerprint density at radius 3 is 2.88 bits per heavy atom. The van der Waals surface area contributed by atoms with Crippen LogP contribution in [0.15, 0.2) is 24.3 Å². The van der Waals surface area contributed by atoms with E-state index in [-0.39, 0.29) is 35.8 Å². The monoisotopic (exact) mass is 402 g/mol. The lowest BCUT2D eigenvalue weighted by Crippen LogP contribution is -2.82. The molecule has 5 nitrogen and oxygen atoms in total. The highest BCUT2D eigenvalue weighted by atomic mass is 35.5. The summed E-state index contributed by atoms with van der Waals surface area (Å²) in [6, 6.07) is 7.23. The van der Waals surface area contributed by atoms with E-state index in [9.17, 15) is 4.79 Å². The molecule has 7 heteroatoms. The molecule has 146 valence electrons. The lowest BCUT2D eigenvalue weighted by molar-refractivity contribution is -0.229. The van der Waals surface area contributed by atoms with Crippen LogP contribution in [0.2, 0.25) is 5.02 Å². The standard InChI is InChI=1S/C19H27ClN2O3.ClH/c1-18(2)16-15(8-5-10-25-16)19(18,21)17(23)22(3)9-11-24-14-7-4-6-13(20)12-14;/h4,6-7,12,15-16H,5,8-11,21H2,1-3H3;1H. The number of hydrogen-bond acceptors (Lipinski definition) is 4. The molecule has 1 aromatic rings. The molecule has 1 aliphatic heterocycles. The SMILES string of the molecule is CN(CCOc1cccc(Cl)c1)C(=O)C1(N)C2CCCOC2C1(C)C.Cl. The Labute approximate surface area is 166 Å². The Balaban J connectivity index is 0.00000243. The van der Waals surface area contributed by atoms with Crippen LogP contribution in [0.4, 0.5) is 0 Å². The molecular formula is C19H28Cl2N2O3. The van der Waals surface area contributed by atoms with Gasteiger partial charge in [-0.1, -0.05) is 31.5 Å². The highest BCUT2D eigenvalue weighted by Crippen LogP contribution is 2.57. The normalized spacial score (nSPS) is 29.0. The molecule has 0 bridgehead atoms. The minimum absolute atomic E-state index is 0. The summed E-state index contributed by atoms with van der Waals surface area (Å²) < 4.78 is 11.6. The number of halogens is 2. The van der Waals surface area contributed by atoms with E-state index in [1.165, 1.54) is 0 Å². The molecule has 1 aliphatic carbocycles. The molecule has 1 heterocycles. The van der Waals surface area contributed by atoms with Gasteiger partial charge in [0, 0.05) is 30.0 Å². The zero-order valence-electron chi connectivity index (χ0n) is 15.5. The number of nitrogens with two attached hydrogens (primary N) is 1. The van der Waals surface area contributed by atoms with Crippen LogP contribution in [0.3, 0.4) is 0 Å². The third-order valence-corrected chi connectivity index (χ3v) is 6.11. The van der Waals surface area contributed by atoms with E-state index >= 15 is 0 Å². The zero-order valence-corrected chi connectivity index (χ0v) is 17.1. The van der Waals surface area contributed by atoms with Crippen molar-refractivity contribution in [2.75, 3.05) is 26.8 Å². The minimum Gasteiger partial charge on any atom is -0.492 e. The molecule has 1 aromatic carbocycles. The smallest absolute Gasteiger partial charge is 0.243 e. The number of likely N-dealkylation sites (N-methyl/N-ethyl adjacent to an activating group) is 1. The minimum atomic E-state index is -0.872. The Hall–Kier alpha value is -1.01. The Kier molecular flexibility index (Phi) is 6.49. The fourth-order valence-electron chi connectivity index (χ4n) is 4.28. The van der Waals surface area contributed by atoms with E-state index in [0.29, 0.717) is 23.9 Å². The van der Waals surface area contributed by atoms with E-state index < -0.39 is 5.54 Å². The van der Waals surface area contributed by atoms with Crippen LogP contribution in [0.5, 0.6) is 5.75 Å². The first kappa shape index (κ1) is 21.3. The molecule has 0 spiro atoms. The van der Waals surface area contributed by atoms with Crippen LogP contribution >= 0.6 is 24.0 Å². The van der Waals surface area contributed by atoms with Gasteiger partial charge in [-0.15, -0.1) is 12.4 Å². The van der Waals surface area contributed by atoms with Crippen LogP contribution in [0.25, 0.3) is 0 Å². The van der Waals surface area contributed by atoms with Gasteiger partial charge in [0.05, 0.1) is 12.6 Å². The highest BCUT2D eigenvalue weighted by molar-refractivity contribution is 6.30. The topological polar surface area (TPSA) is 64.8 Å². The maximum Gasteiger partial charge on any atom is 0.243 e. The van der Waals surface area contributed by atoms with Gasteiger partial charge < -0.3 is 20.1 Å². The molecule has 26 heavy (non-hydrogen) atoms. The second kappa shape index (κ2) is 7.93. The number of carbonyl (C=O) groups is 1. The fourth-order valence-corrected chi connectivity index (χ4v) is 4.46. The Bertz CT molecular complexity index is 655. The molecule has 3 unspecified atom stereocenters. The molecule has 2 N–H and O–H groups in total. The number of ether oxygens (including phenoxy) is 2. The van der Waals surface area contributed by atoms with Crippen molar-refractivity contribution in [3.63, 3.8) is 0 Å². The largest absolute Gasteiger partial charge is 0.492 e. The van der Waals surface area contributed by atoms with Crippen molar-refractivity contribution in [2.45, 2.75) is 38.3 Å². The van der Waals surface area contributed by atoms with Gasteiger partial charge in [-0.2, -0.15) is 0 Å². The van der Waals surface area contributed by atoms with E-state index in [4.69, 9.17) is 26.8 Å². The van der Waals surface area contributed by atoms with Gasteiger partial charge in [0.25, 0.3) is 0 Å². The van der Waals surface area contributed by atoms with Crippen molar-refractivity contribution in [1.82, 2.24) is 4.90 Å². The summed E-state index contributed by atoms with van der Waals surface area (Å²) >= 11 is 5.95. The van der Waals surface area contributed by atoms with E-state index in [1.807, 2.05) is 26.0 Å². The van der Waals surface area contributed by atoms with Crippen molar-refractivity contribution in [3.8, 4) is 5.75 Å². The average Bonchev–Trinajstić information content (AvgIpc) is 2.60. The molecular weight excluding hydrogens is 375 g/mol. The first-order valence-corrected chi connectivity index (χ1v) is 9.20. The van der Waals surface area contributed by atoms with E-state index in [2.05, 4.69) is 0 Å². The van der Waals surface area contributed by atoms with Gasteiger partial charge in [-0.25, -0.2) is 0 Å². The number of benzene rings is 1. The lowest BCUT2D eigenvalue weighted by atomic mass is 9.46. The van der Waals surface area contributed by atoms with Gasteiger partial charge >= 0.3 is 0 Å². The van der Waals surface area contributed by atoms with Crippen molar-refractivity contribution in [2.24, 2.45) is 17.1 Å². The molecule has 1 saturated carbocycles. The average molecular weight is 403 g/mol. The molecule has 2 aliphatic rings. The van der Waals surface area contributed by atoms with Crippen LogP contribution in [-0.2, 0) is 9.53 Å².